The van der Waals surface area contributed by atoms with Crippen molar-refractivity contribution in [2.75, 3.05) is 6.54 Å². The molecule has 0 aromatic carbocycles. The van der Waals surface area contributed by atoms with Gasteiger partial charge in [0, 0.05) is 32.2 Å². The minimum absolute atomic E-state index is 0.192. The average Bonchev–Trinajstić information content (AvgIpc) is 3.04. The SMILES string of the molecule is CCC(CCNS(=O)(=O)c1cn(C)nc1C)n1cccn1. The molecule has 0 amide bonds. The van der Waals surface area contributed by atoms with E-state index in [0.717, 1.165) is 6.42 Å². The van der Waals surface area contributed by atoms with Crippen molar-refractivity contribution in [1.82, 2.24) is 24.3 Å². The molecule has 0 spiro atoms. The molecule has 0 bridgehead atoms. The van der Waals surface area contributed by atoms with Gasteiger partial charge in [-0.1, -0.05) is 6.92 Å². The maximum Gasteiger partial charge on any atom is 0.243 e. The molecule has 0 aliphatic heterocycles. The highest BCUT2D eigenvalue weighted by Gasteiger charge is 2.20. The number of nitrogens with one attached hydrogen (secondary N) is 1. The van der Waals surface area contributed by atoms with E-state index in [-0.39, 0.29) is 10.9 Å². The predicted molar refractivity (Wildman–Crippen MR) is 79.3 cm³/mol. The molecule has 0 aliphatic rings. The summed E-state index contributed by atoms with van der Waals surface area (Å²) >= 11 is 0. The van der Waals surface area contributed by atoms with Crippen molar-refractivity contribution in [2.24, 2.45) is 7.05 Å². The average molecular weight is 311 g/mol. The first-order chi connectivity index (χ1) is 9.94. The summed E-state index contributed by atoms with van der Waals surface area (Å²) < 4.78 is 30.5. The Morgan fingerprint density at radius 2 is 2.19 bits per heavy atom. The molecule has 2 aromatic rings. The van der Waals surface area contributed by atoms with E-state index in [4.69, 9.17) is 0 Å². The van der Waals surface area contributed by atoms with Crippen LogP contribution in [0, 0.1) is 6.92 Å². The van der Waals surface area contributed by atoms with Crippen LogP contribution in [0.25, 0.3) is 0 Å². The minimum atomic E-state index is -3.51. The Morgan fingerprint density at radius 3 is 2.71 bits per heavy atom. The summed E-state index contributed by atoms with van der Waals surface area (Å²) in [6.07, 6.45) is 6.73. The van der Waals surface area contributed by atoms with Gasteiger partial charge in [0.1, 0.15) is 4.90 Å². The monoisotopic (exact) mass is 311 g/mol. The van der Waals surface area contributed by atoms with Crippen LogP contribution in [-0.4, -0.2) is 34.5 Å². The van der Waals surface area contributed by atoms with E-state index in [9.17, 15) is 8.42 Å². The van der Waals surface area contributed by atoms with Gasteiger partial charge in [-0.2, -0.15) is 10.2 Å². The van der Waals surface area contributed by atoms with Gasteiger partial charge < -0.3 is 0 Å². The minimum Gasteiger partial charge on any atom is -0.274 e. The first-order valence-electron chi connectivity index (χ1n) is 6.93. The van der Waals surface area contributed by atoms with Crippen LogP contribution in [0.4, 0.5) is 0 Å². The lowest BCUT2D eigenvalue weighted by atomic mass is 10.1. The lowest BCUT2D eigenvalue weighted by Crippen LogP contribution is -2.27. The fraction of sp³-hybridized carbons (Fsp3) is 0.538. The Morgan fingerprint density at radius 1 is 1.43 bits per heavy atom. The second-order valence-corrected chi connectivity index (χ2v) is 6.72. The normalized spacial score (nSPS) is 13.5. The molecule has 0 aliphatic carbocycles. The Bertz CT molecular complexity index is 675. The maximum atomic E-state index is 12.2. The van der Waals surface area contributed by atoms with Crippen LogP contribution in [0.15, 0.2) is 29.6 Å². The number of sulfonamides is 1. The highest BCUT2D eigenvalue weighted by atomic mass is 32.2. The van der Waals surface area contributed by atoms with Crippen LogP contribution in [-0.2, 0) is 17.1 Å². The van der Waals surface area contributed by atoms with Crippen molar-refractivity contribution in [3.63, 3.8) is 0 Å². The third-order valence-corrected chi connectivity index (χ3v) is 4.96. The van der Waals surface area contributed by atoms with Crippen molar-refractivity contribution in [2.45, 2.75) is 37.6 Å². The molecule has 1 atom stereocenters. The van der Waals surface area contributed by atoms with Gasteiger partial charge in [-0.05, 0) is 25.8 Å². The van der Waals surface area contributed by atoms with E-state index < -0.39 is 10.0 Å². The number of nitrogens with zero attached hydrogens (tertiary/aromatic N) is 4. The lowest BCUT2D eigenvalue weighted by molar-refractivity contribution is 0.412. The number of aryl methyl sites for hydroxylation is 2. The van der Waals surface area contributed by atoms with Crippen molar-refractivity contribution in [3.8, 4) is 0 Å². The van der Waals surface area contributed by atoms with Gasteiger partial charge in [-0.25, -0.2) is 13.1 Å². The summed E-state index contributed by atoms with van der Waals surface area (Å²) in [5.41, 5.74) is 0.504. The van der Waals surface area contributed by atoms with E-state index in [1.54, 1.807) is 20.2 Å². The molecule has 2 aromatic heterocycles. The van der Waals surface area contributed by atoms with E-state index in [2.05, 4.69) is 21.8 Å². The maximum absolute atomic E-state index is 12.2. The van der Waals surface area contributed by atoms with Crippen molar-refractivity contribution < 1.29 is 8.42 Å². The van der Waals surface area contributed by atoms with Gasteiger partial charge >= 0.3 is 0 Å². The first-order valence-corrected chi connectivity index (χ1v) is 8.41. The van der Waals surface area contributed by atoms with Crippen molar-refractivity contribution in [1.29, 1.82) is 0 Å². The third kappa shape index (κ3) is 3.70. The highest BCUT2D eigenvalue weighted by Crippen LogP contribution is 2.15. The van der Waals surface area contributed by atoms with Gasteiger partial charge in [-0.15, -0.1) is 0 Å². The molecule has 0 fully saturated rings. The van der Waals surface area contributed by atoms with Crippen molar-refractivity contribution in [3.05, 3.63) is 30.4 Å². The predicted octanol–water partition coefficient (Wildman–Crippen LogP) is 1.24. The summed E-state index contributed by atoms with van der Waals surface area (Å²) in [6.45, 7) is 4.12. The molecule has 0 saturated carbocycles. The van der Waals surface area contributed by atoms with Gasteiger partial charge in [0.05, 0.1) is 11.7 Å². The fourth-order valence-corrected chi connectivity index (χ4v) is 3.56. The van der Waals surface area contributed by atoms with Crippen LogP contribution >= 0.6 is 0 Å². The molecular weight excluding hydrogens is 290 g/mol. The zero-order chi connectivity index (χ0) is 15.5. The standard InChI is InChI=1S/C13H21N5O2S/c1-4-12(18-9-5-7-14-18)6-8-15-21(19,20)13-10-17(3)16-11(13)2/h5,7,9-10,12,15H,4,6,8H2,1-3H3. The molecule has 1 N–H and O–H groups in total. The number of hydrogen-bond acceptors (Lipinski definition) is 4. The zero-order valence-corrected chi connectivity index (χ0v) is 13.3. The van der Waals surface area contributed by atoms with Crippen molar-refractivity contribution >= 4 is 10.0 Å². The van der Waals surface area contributed by atoms with Crippen LogP contribution in [0.5, 0.6) is 0 Å². The van der Waals surface area contributed by atoms with Crippen LogP contribution in [0.2, 0.25) is 0 Å². The fourth-order valence-electron chi connectivity index (χ4n) is 2.30. The molecule has 2 rings (SSSR count). The van der Waals surface area contributed by atoms with Gasteiger partial charge in [0.15, 0.2) is 0 Å². The Labute approximate surface area is 125 Å². The topological polar surface area (TPSA) is 81.8 Å². The summed E-state index contributed by atoms with van der Waals surface area (Å²) in [5.74, 6) is 0. The largest absolute Gasteiger partial charge is 0.274 e. The summed E-state index contributed by atoms with van der Waals surface area (Å²) in [7, 11) is -1.80. The molecule has 2 heterocycles. The summed E-state index contributed by atoms with van der Waals surface area (Å²) in [6, 6.07) is 2.06. The Hall–Kier alpha value is -1.67. The van der Waals surface area contributed by atoms with Crippen LogP contribution in [0.3, 0.4) is 0 Å². The van der Waals surface area contributed by atoms with E-state index in [1.807, 2.05) is 16.9 Å². The van der Waals surface area contributed by atoms with E-state index in [1.165, 1.54) is 10.9 Å². The molecular formula is C13H21N5O2S. The number of aromatic nitrogens is 4. The summed E-state index contributed by atoms with van der Waals surface area (Å²) in [4.78, 5) is 0.233. The second-order valence-electron chi connectivity index (χ2n) is 4.99. The van der Waals surface area contributed by atoms with E-state index >= 15 is 0 Å². The number of rotatable bonds is 7. The molecule has 8 heteroatoms. The first kappa shape index (κ1) is 15.7. The van der Waals surface area contributed by atoms with Crippen LogP contribution in [0.1, 0.15) is 31.5 Å². The second kappa shape index (κ2) is 6.40. The summed E-state index contributed by atoms with van der Waals surface area (Å²) in [5, 5.41) is 8.26. The zero-order valence-electron chi connectivity index (χ0n) is 12.5. The Kier molecular flexibility index (Phi) is 4.79. The van der Waals surface area contributed by atoms with E-state index in [0.29, 0.717) is 18.7 Å². The quantitative estimate of drug-likeness (QED) is 0.834. The third-order valence-electron chi connectivity index (χ3n) is 3.40. The Balaban J connectivity index is 1.97. The van der Waals surface area contributed by atoms with Gasteiger partial charge in [-0.3, -0.25) is 9.36 Å². The number of hydrogen-bond donors (Lipinski definition) is 1. The van der Waals surface area contributed by atoms with Gasteiger partial charge in [0.25, 0.3) is 0 Å². The molecule has 116 valence electrons. The highest BCUT2D eigenvalue weighted by molar-refractivity contribution is 7.89. The van der Waals surface area contributed by atoms with Gasteiger partial charge in [0.2, 0.25) is 10.0 Å². The molecule has 7 nitrogen and oxygen atoms in total. The molecule has 0 saturated heterocycles. The van der Waals surface area contributed by atoms with Crippen LogP contribution < -0.4 is 4.72 Å². The molecule has 0 radical (unpaired) electrons. The lowest BCUT2D eigenvalue weighted by Gasteiger charge is -2.15. The molecule has 21 heavy (non-hydrogen) atoms. The molecule has 1 unspecified atom stereocenters. The smallest absolute Gasteiger partial charge is 0.243 e.